The summed E-state index contributed by atoms with van der Waals surface area (Å²) in [6.07, 6.45) is 0. The van der Waals surface area contributed by atoms with E-state index in [4.69, 9.17) is 12.3 Å². The molecule has 0 spiro atoms. The lowest BCUT2D eigenvalue weighted by molar-refractivity contribution is 0.185. The Bertz CT molecular complexity index is 481. The van der Waals surface area contributed by atoms with Gasteiger partial charge in [0, 0.05) is 11.5 Å². The van der Waals surface area contributed by atoms with Gasteiger partial charge in [0.05, 0.1) is 18.9 Å². The maximum atomic E-state index is 7.66. The van der Waals surface area contributed by atoms with Crippen molar-refractivity contribution in [3.63, 3.8) is 0 Å². The van der Waals surface area contributed by atoms with Gasteiger partial charge in [0.15, 0.2) is 0 Å². The zero-order chi connectivity index (χ0) is 15.2. The Hall–Kier alpha value is -0.340. The molecule has 0 aliphatic carbocycles. The van der Waals surface area contributed by atoms with Crippen LogP contribution >= 0.6 is 15.9 Å². The number of benzene rings is 1. The van der Waals surface area contributed by atoms with Crippen LogP contribution in [0.15, 0.2) is 28.6 Å². The molecule has 0 aliphatic rings. The van der Waals surface area contributed by atoms with E-state index in [1.54, 1.807) is 0 Å². The van der Waals surface area contributed by atoms with E-state index in [1.807, 2.05) is 0 Å². The largest absolute Gasteiger partial charge is 0.380 e. The molecular formula is C8H9BrO. The van der Waals surface area contributed by atoms with E-state index in [0.717, 1.165) is 0 Å². The van der Waals surface area contributed by atoms with E-state index in [0.29, 0.717) is 0 Å². The molecule has 0 bridgehead atoms. The fraction of sp³-hybridized carbons (Fsp3) is 0.250. The quantitative estimate of drug-likeness (QED) is 0.728. The molecule has 2 heteroatoms. The molecule has 1 aromatic carbocycles. The molecule has 0 heterocycles. The second kappa shape index (κ2) is 3.74. The standard InChI is InChI=1S/C8H9BrO/c1-10-6-7-3-2-4-8(9)5-7/h2-5H,6H2,1H3/i1D3,2D,3D,4D,5D,6D2. The molecule has 0 fully saturated rings. The van der Waals surface area contributed by atoms with Crippen molar-refractivity contribution >= 4 is 15.9 Å². The summed E-state index contributed by atoms with van der Waals surface area (Å²) >= 11 is 2.85. The van der Waals surface area contributed by atoms with Gasteiger partial charge in [-0.3, -0.25) is 0 Å². The van der Waals surface area contributed by atoms with Crippen LogP contribution in [0.2, 0.25) is 0 Å². The minimum atomic E-state index is -3.06. The lowest BCUT2D eigenvalue weighted by Crippen LogP contribution is -1.85. The topological polar surface area (TPSA) is 9.23 Å². The van der Waals surface area contributed by atoms with Crippen LogP contribution < -0.4 is 0 Å². The zero-order valence-corrected chi connectivity index (χ0v) is 6.37. The van der Waals surface area contributed by atoms with Gasteiger partial charge in [0.2, 0.25) is 0 Å². The SMILES string of the molecule is [2H]c1c([2H])c(Br)c([2H])c(C([2H])([2H])OC([2H])([2H])[2H])c1[2H]. The monoisotopic (exact) mass is 209 g/mol. The highest BCUT2D eigenvalue weighted by atomic mass is 79.9. The molecule has 54 valence electrons. The molecule has 0 atom stereocenters. The van der Waals surface area contributed by atoms with Crippen molar-refractivity contribution in [3.8, 4) is 0 Å². The Morgan fingerprint density at radius 2 is 2.80 bits per heavy atom. The molecule has 0 aliphatic heterocycles. The number of ether oxygens (including phenoxy) is 1. The van der Waals surface area contributed by atoms with E-state index in [1.165, 1.54) is 0 Å². The predicted octanol–water partition coefficient (Wildman–Crippen LogP) is 2.60. The van der Waals surface area contributed by atoms with E-state index in [-0.39, 0.29) is 4.47 Å². The number of hydrogen-bond donors (Lipinski definition) is 0. The van der Waals surface area contributed by atoms with Crippen LogP contribution in [0.5, 0.6) is 0 Å². The van der Waals surface area contributed by atoms with Gasteiger partial charge in [-0.25, -0.2) is 0 Å². The van der Waals surface area contributed by atoms with Crippen molar-refractivity contribution in [1.29, 1.82) is 0 Å². The van der Waals surface area contributed by atoms with Crippen molar-refractivity contribution in [2.24, 2.45) is 0 Å². The molecule has 0 saturated heterocycles. The van der Waals surface area contributed by atoms with Crippen molar-refractivity contribution < 1.29 is 17.1 Å². The number of halogens is 1. The lowest BCUT2D eigenvalue weighted by Gasteiger charge is -1.98. The Morgan fingerprint density at radius 3 is 3.60 bits per heavy atom. The van der Waals surface area contributed by atoms with Crippen molar-refractivity contribution in [2.45, 2.75) is 6.56 Å². The van der Waals surface area contributed by atoms with Gasteiger partial charge in [0.1, 0.15) is 0 Å². The van der Waals surface area contributed by atoms with E-state index >= 15 is 0 Å². The Balaban J connectivity index is 3.51. The van der Waals surface area contributed by atoms with Gasteiger partial charge in [-0.05, 0) is 17.6 Å². The van der Waals surface area contributed by atoms with Crippen LogP contribution in [-0.4, -0.2) is 7.04 Å². The summed E-state index contributed by atoms with van der Waals surface area (Å²) in [7, 11) is -3.06. The second-order valence-corrected chi connectivity index (χ2v) is 2.19. The predicted molar refractivity (Wildman–Crippen MR) is 44.9 cm³/mol. The van der Waals surface area contributed by atoms with Crippen molar-refractivity contribution in [1.82, 2.24) is 0 Å². The third kappa shape index (κ3) is 2.12. The Labute approximate surface area is 81.8 Å². The average Bonchev–Trinajstić information content (AvgIpc) is 2.20. The molecule has 1 nitrogen and oxygen atoms in total. The van der Waals surface area contributed by atoms with E-state index in [2.05, 4.69) is 20.7 Å². The van der Waals surface area contributed by atoms with Crippen LogP contribution in [0, 0.1) is 0 Å². The van der Waals surface area contributed by atoms with Crippen LogP contribution in [0.3, 0.4) is 0 Å². The highest BCUT2D eigenvalue weighted by Crippen LogP contribution is 2.11. The van der Waals surface area contributed by atoms with Gasteiger partial charge < -0.3 is 4.74 Å². The number of hydrogen-bond acceptors (Lipinski definition) is 1. The van der Waals surface area contributed by atoms with Crippen molar-refractivity contribution in [2.75, 3.05) is 7.04 Å². The van der Waals surface area contributed by atoms with E-state index < -0.39 is 43.3 Å². The average molecular weight is 210 g/mol. The van der Waals surface area contributed by atoms with Crippen LogP contribution in [0.25, 0.3) is 0 Å². The van der Waals surface area contributed by atoms with E-state index in [9.17, 15) is 0 Å². The second-order valence-electron chi connectivity index (χ2n) is 1.39. The molecular weight excluding hydrogens is 192 g/mol. The van der Waals surface area contributed by atoms with Crippen LogP contribution in [0.1, 0.15) is 17.9 Å². The number of rotatable bonds is 2. The van der Waals surface area contributed by atoms with Crippen LogP contribution in [-0.2, 0) is 11.3 Å². The summed E-state index contributed by atoms with van der Waals surface area (Å²) < 4.78 is 70.0. The summed E-state index contributed by atoms with van der Waals surface area (Å²) in [5.41, 5.74) is -0.698. The first kappa shape index (κ1) is 2.08. The van der Waals surface area contributed by atoms with Gasteiger partial charge in [-0.1, -0.05) is 28.0 Å². The maximum absolute atomic E-state index is 7.66. The molecule has 1 aromatic rings. The molecule has 10 heavy (non-hydrogen) atoms. The first-order valence-corrected chi connectivity index (χ1v) is 3.14. The maximum Gasteiger partial charge on any atom is 0.0713 e. The fourth-order valence-corrected chi connectivity index (χ4v) is 0.720. The summed E-state index contributed by atoms with van der Waals surface area (Å²) in [6.45, 7) is -2.94. The minimum Gasteiger partial charge on any atom is -0.380 e. The molecule has 0 aromatic heterocycles. The smallest absolute Gasteiger partial charge is 0.0713 e. The Morgan fingerprint density at radius 1 is 1.90 bits per heavy atom. The molecule has 0 unspecified atom stereocenters. The molecule has 0 N–H and O–H groups in total. The molecule has 0 radical (unpaired) electrons. The normalized spacial score (nSPS) is 25.5. The highest BCUT2D eigenvalue weighted by Gasteiger charge is 1.90. The third-order valence-corrected chi connectivity index (χ3v) is 1.14. The third-order valence-electron chi connectivity index (χ3n) is 0.748. The summed E-state index contributed by atoms with van der Waals surface area (Å²) in [5.74, 6) is 0. The zero-order valence-electron chi connectivity index (χ0n) is 13.8. The number of methoxy groups -OCH3 is 1. The van der Waals surface area contributed by atoms with Gasteiger partial charge in [-0.2, -0.15) is 0 Å². The van der Waals surface area contributed by atoms with Gasteiger partial charge in [0.25, 0.3) is 0 Å². The molecule has 0 saturated carbocycles. The first-order valence-electron chi connectivity index (χ1n) is 6.85. The van der Waals surface area contributed by atoms with Crippen molar-refractivity contribution in [3.05, 3.63) is 34.2 Å². The summed E-state index contributed by atoms with van der Waals surface area (Å²) in [4.78, 5) is 0. The fourth-order valence-electron chi connectivity index (χ4n) is 0.423. The minimum absolute atomic E-state index is 0.193. The van der Waals surface area contributed by atoms with Crippen LogP contribution in [0.4, 0.5) is 0 Å². The summed E-state index contributed by atoms with van der Waals surface area (Å²) in [5, 5.41) is 0. The first-order chi connectivity index (χ1) is 8.38. The summed E-state index contributed by atoms with van der Waals surface area (Å²) in [6, 6.07) is -2.38. The van der Waals surface area contributed by atoms with Gasteiger partial charge >= 0.3 is 0 Å². The lowest BCUT2D eigenvalue weighted by atomic mass is 10.2. The van der Waals surface area contributed by atoms with Gasteiger partial charge in [-0.15, -0.1) is 0 Å². The highest BCUT2D eigenvalue weighted by molar-refractivity contribution is 9.10. The molecule has 1 rings (SSSR count). The Kier molecular flexibility index (Phi) is 0.778. The molecule has 0 amide bonds.